The van der Waals surface area contributed by atoms with E-state index in [-0.39, 0.29) is 0 Å². The third-order valence-electron chi connectivity index (χ3n) is 1.98. The molecule has 0 aromatic heterocycles. The van der Waals surface area contributed by atoms with Crippen molar-refractivity contribution in [3.8, 4) is 0 Å². The molecule has 70 valence electrons. The fourth-order valence-electron chi connectivity index (χ4n) is 1.26. The highest BCUT2D eigenvalue weighted by atomic mass is 19.1. The molecular formula is C8H13FO3. The molecule has 0 aromatic carbocycles. The smallest absolute Gasteiger partial charge is 0.335 e. The van der Waals surface area contributed by atoms with E-state index in [1.165, 1.54) is 6.92 Å². The van der Waals surface area contributed by atoms with Crippen LogP contribution >= 0.6 is 0 Å². The number of aliphatic hydroxyl groups is 1. The summed E-state index contributed by atoms with van der Waals surface area (Å²) in [5.41, 5.74) is 0. The molecule has 1 fully saturated rings. The molecule has 1 rings (SSSR count). The quantitative estimate of drug-likeness (QED) is 0.633. The Balaban J connectivity index is 2.35. The van der Waals surface area contributed by atoms with Gasteiger partial charge in [-0.15, -0.1) is 0 Å². The van der Waals surface area contributed by atoms with Gasteiger partial charge in [-0.1, -0.05) is 0 Å². The summed E-state index contributed by atoms with van der Waals surface area (Å²) < 4.78 is 17.6. The van der Waals surface area contributed by atoms with Crippen molar-refractivity contribution in [1.82, 2.24) is 0 Å². The van der Waals surface area contributed by atoms with Gasteiger partial charge in [0.1, 0.15) is 18.4 Å². The Bertz CT molecular complexity index is 170. The molecule has 0 aliphatic heterocycles. The molecule has 3 nitrogen and oxygen atoms in total. The van der Waals surface area contributed by atoms with E-state index in [0.717, 1.165) is 6.42 Å². The minimum Gasteiger partial charge on any atom is -0.457 e. The number of esters is 1. The van der Waals surface area contributed by atoms with Gasteiger partial charge in [-0.05, 0) is 26.2 Å². The maximum atomic E-state index is 12.9. The average Bonchev–Trinajstić information content (AvgIpc) is 2.36. The van der Waals surface area contributed by atoms with Gasteiger partial charge in [0.25, 0.3) is 0 Å². The minimum absolute atomic E-state index is 0.456. The second-order valence-corrected chi connectivity index (χ2v) is 3.10. The van der Waals surface area contributed by atoms with Crippen LogP contribution in [0.2, 0.25) is 0 Å². The molecule has 0 bridgehead atoms. The molecule has 0 aromatic rings. The van der Waals surface area contributed by atoms with Crippen LogP contribution in [-0.2, 0) is 9.53 Å². The molecule has 3 atom stereocenters. The Morgan fingerprint density at radius 2 is 2.33 bits per heavy atom. The fourth-order valence-corrected chi connectivity index (χ4v) is 1.26. The zero-order valence-electron chi connectivity index (χ0n) is 7.00. The number of carbonyl (C=O) groups is 1. The Morgan fingerprint density at radius 3 is 2.75 bits per heavy atom. The van der Waals surface area contributed by atoms with Crippen molar-refractivity contribution in [2.24, 2.45) is 0 Å². The van der Waals surface area contributed by atoms with Crippen LogP contribution in [0.4, 0.5) is 4.39 Å². The second-order valence-electron chi connectivity index (χ2n) is 3.10. The fraction of sp³-hybridized carbons (Fsp3) is 0.875. The van der Waals surface area contributed by atoms with Gasteiger partial charge >= 0.3 is 5.97 Å². The summed E-state index contributed by atoms with van der Waals surface area (Å²) in [6.45, 7) is 1.31. The molecule has 1 N–H and O–H groups in total. The Labute approximate surface area is 70.5 Å². The molecule has 0 saturated heterocycles. The normalized spacial score (nSPS) is 31.6. The summed E-state index contributed by atoms with van der Waals surface area (Å²) in [6, 6.07) is 0. The van der Waals surface area contributed by atoms with Crippen molar-refractivity contribution >= 4 is 5.97 Å². The average molecular weight is 176 g/mol. The predicted molar refractivity (Wildman–Crippen MR) is 40.3 cm³/mol. The number of hydrogen-bond acceptors (Lipinski definition) is 3. The standard InChI is InChI=1S/C8H13FO3/c1-5(10)8(11)12-7-4-2-3-6(7)9/h5-7,10H,2-4H2,1H3/t5-,6+,7+/m0/s1. The molecule has 0 amide bonds. The molecule has 0 radical (unpaired) electrons. The number of ether oxygens (including phenoxy) is 1. The second kappa shape index (κ2) is 3.85. The van der Waals surface area contributed by atoms with E-state index in [1.54, 1.807) is 0 Å². The van der Waals surface area contributed by atoms with Gasteiger partial charge in [0.2, 0.25) is 0 Å². The highest BCUT2D eigenvalue weighted by Gasteiger charge is 2.31. The van der Waals surface area contributed by atoms with Crippen molar-refractivity contribution in [2.75, 3.05) is 0 Å². The first kappa shape index (κ1) is 9.45. The van der Waals surface area contributed by atoms with E-state index in [9.17, 15) is 9.18 Å². The Hall–Kier alpha value is -0.640. The van der Waals surface area contributed by atoms with Crippen molar-refractivity contribution in [3.05, 3.63) is 0 Å². The van der Waals surface area contributed by atoms with Crippen LogP contribution in [0.25, 0.3) is 0 Å². The summed E-state index contributed by atoms with van der Waals surface area (Å²) in [4.78, 5) is 10.8. The number of carbonyl (C=O) groups excluding carboxylic acids is 1. The van der Waals surface area contributed by atoms with E-state index >= 15 is 0 Å². The van der Waals surface area contributed by atoms with Crippen molar-refractivity contribution in [1.29, 1.82) is 0 Å². The van der Waals surface area contributed by atoms with Crippen molar-refractivity contribution in [2.45, 2.75) is 44.6 Å². The lowest BCUT2D eigenvalue weighted by molar-refractivity contribution is -0.160. The molecule has 12 heavy (non-hydrogen) atoms. The first-order valence-electron chi connectivity index (χ1n) is 4.14. The van der Waals surface area contributed by atoms with E-state index in [0.29, 0.717) is 12.8 Å². The van der Waals surface area contributed by atoms with E-state index in [1.807, 2.05) is 0 Å². The van der Waals surface area contributed by atoms with Gasteiger partial charge in [-0.2, -0.15) is 0 Å². The number of rotatable bonds is 2. The molecular weight excluding hydrogens is 163 g/mol. The monoisotopic (exact) mass is 176 g/mol. The van der Waals surface area contributed by atoms with Crippen LogP contribution in [0, 0.1) is 0 Å². The van der Waals surface area contributed by atoms with Gasteiger partial charge in [0.15, 0.2) is 0 Å². The molecule has 4 heteroatoms. The van der Waals surface area contributed by atoms with Crippen LogP contribution in [0.3, 0.4) is 0 Å². The molecule has 1 saturated carbocycles. The molecule has 1 aliphatic rings. The van der Waals surface area contributed by atoms with E-state index in [4.69, 9.17) is 9.84 Å². The van der Waals surface area contributed by atoms with Gasteiger partial charge in [0.05, 0.1) is 0 Å². The first-order chi connectivity index (χ1) is 5.61. The van der Waals surface area contributed by atoms with Gasteiger partial charge in [-0.25, -0.2) is 9.18 Å². The van der Waals surface area contributed by atoms with Crippen LogP contribution in [0.1, 0.15) is 26.2 Å². The van der Waals surface area contributed by atoms with Gasteiger partial charge < -0.3 is 9.84 Å². The molecule has 0 spiro atoms. The highest BCUT2D eigenvalue weighted by molar-refractivity contribution is 5.74. The molecule has 0 heterocycles. The summed E-state index contributed by atoms with van der Waals surface area (Å²) >= 11 is 0. The third kappa shape index (κ3) is 2.17. The summed E-state index contributed by atoms with van der Waals surface area (Å²) in [7, 11) is 0. The molecule has 1 aliphatic carbocycles. The van der Waals surface area contributed by atoms with Crippen LogP contribution in [0.15, 0.2) is 0 Å². The Morgan fingerprint density at radius 1 is 1.67 bits per heavy atom. The summed E-state index contributed by atoms with van der Waals surface area (Å²) in [5, 5.41) is 8.77. The largest absolute Gasteiger partial charge is 0.457 e. The summed E-state index contributed by atoms with van der Waals surface area (Å²) in [6.07, 6.45) is -1.06. The van der Waals surface area contributed by atoms with E-state index < -0.39 is 24.3 Å². The maximum absolute atomic E-state index is 12.9. The zero-order chi connectivity index (χ0) is 9.14. The topological polar surface area (TPSA) is 46.5 Å². The predicted octanol–water partition coefficient (Wildman–Crippen LogP) is 0.801. The number of hydrogen-bond donors (Lipinski definition) is 1. The van der Waals surface area contributed by atoms with Crippen LogP contribution in [-0.4, -0.2) is 29.5 Å². The van der Waals surface area contributed by atoms with Crippen LogP contribution in [0.5, 0.6) is 0 Å². The maximum Gasteiger partial charge on any atom is 0.335 e. The number of alkyl halides is 1. The number of halogens is 1. The van der Waals surface area contributed by atoms with Crippen molar-refractivity contribution < 1.29 is 19.0 Å². The van der Waals surface area contributed by atoms with Crippen LogP contribution < -0.4 is 0 Å². The third-order valence-corrected chi connectivity index (χ3v) is 1.98. The lowest BCUT2D eigenvalue weighted by atomic mass is 10.3. The lowest BCUT2D eigenvalue weighted by Gasteiger charge is -2.14. The highest BCUT2D eigenvalue weighted by Crippen LogP contribution is 2.24. The zero-order valence-corrected chi connectivity index (χ0v) is 7.00. The first-order valence-corrected chi connectivity index (χ1v) is 4.14. The Kier molecular flexibility index (Phi) is 3.03. The van der Waals surface area contributed by atoms with Gasteiger partial charge in [-0.3, -0.25) is 0 Å². The minimum atomic E-state index is -1.15. The lowest BCUT2D eigenvalue weighted by Crippen LogP contribution is -2.28. The number of aliphatic hydroxyl groups excluding tert-OH is 1. The van der Waals surface area contributed by atoms with E-state index in [2.05, 4.69) is 0 Å². The summed E-state index contributed by atoms with van der Waals surface area (Å²) in [5.74, 6) is -0.732. The van der Waals surface area contributed by atoms with Gasteiger partial charge in [0, 0.05) is 0 Å². The molecule has 0 unspecified atom stereocenters. The SMILES string of the molecule is C[C@H](O)C(=O)O[C@@H]1CCC[C@H]1F. The van der Waals surface area contributed by atoms with Crippen molar-refractivity contribution in [3.63, 3.8) is 0 Å².